The summed E-state index contributed by atoms with van der Waals surface area (Å²) in [6.45, 7) is 11.0. The average Bonchev–Trinajstić information content (AvgIpc) is 0.721. The Morgan fingerprint density at radius 1 is 0.492 bits per heavy atom. The maximum atomic E-state index is 16.3. The molecule has 118 heavy (non-hydrogen) atoms. The van der Waals surface area contributed by atoms with Crippen molar-refractivity contribution in [3.8, 4) is 0 Å². The lowest BCUT2D eigenvalue weighted by Gasteiger charge is -2.72. The van der Waals surface area contributed by atoms with Gasteiger partial charge in [0.1, 0.15) is 164 Å². The number of hydrogen-bond acceptors (Lipinski definition) is 40. The van der Waals surface area contributed by atoms with Crippen molar-refractivity contribution in [2.75, 3.05) is 59.5 Å². The first kappa shape index (κ1) is 92.4. The van der Waals surface area contributed by atoms with Crippen molar-refractivity contribution in [2.45, 2.75) is 341 Å². The molecule has 8 saturated heterocycles. The molecule has 0 unspecified atom stereocenters. The highest BCUT2D eigenvalue weighted by molar-refractivity contribution is 5.80. The van der Waals surface area contributed by atoms with Crippen molar-refractivity contribution in [1.82, 2.24) is 5.32 Å². The predicted octanol–water partition coefficient (Wildman–Crippen LogP) is -7.86. The lowest BCUT2D eigenvalue weighted by Crippen LogP contribution is -2.69. The highest BCUT2D eigenvalue weighted by Gasteiger charge is 2.73. The molecule has 676 valence electrons. The van der Waals surface area contributed by atoms with E-state index in [0.29, 0.717) is 44.9 Å². The second kappa shape index (κ2) is 35.5. The first-order valence-electron chi connectivity index (χ1n) is 40.8. The number of aliphatic hydroxyl groups is 20. The summed E-state index contributed by atoms with van der Waals surface area (Å²) in [5.41, 5.74) is -6.22. The van der Waals surface area contributed by atoms with E-state index >= 15 is 4.79 Å². The number of hydrogen-bond donors (Lipinski definition) is 21. The van der Waals surface area contributed by atoms with Gasteiger partial charge in [0.15, 0.2) is 50.1 Å². The zero-order valence-corrected chi connectivity index (χ0v) is 67.4. The number of rotatable bonds is 22. The van der Waals surface area contributed by atoms with Gasteiger partial charge in [-0.2, -0.15) is 0 Å². The van der Waals surface area contributed by atoms with Gasteiger partial charge in [0.25, 0.3) is 0 Å². The Balaban J connectivity index is 0.774. The van der Waals surface area contributed by atoms with Gasteiger partial charge in [0.2, 0.25) is 12.2 Å². The SMILES string of the molecule is CC(=O)N[C@H]1[C@H](O[C@H]2CC[C@]3(C)[C@H]4CC=C5[C@@H]6CC(C)(C)CC[C@]6(C(=O)O[C@@H]6O[C@H](COC(C)=O)[C@@H](O)[C@H](O[C@@H]7OC[C@@H](O)[C@H](O)[C@H]7O)[C@H]6O[C@@H]6OC[C@@H](O)[C@H](O[C@@H]7OC[C@](O)(CO)[C@H]7O)[C@H]6O)[C@H](O)C[C@@]5(C)[C@]4(C)CC[C@H]3C2(C)C)O[C@H](CO[C@@H]2OC[C@H](O)[C@H](O[C@@H]3OC[C@@H](O)[C@H](O)[C@H]3O)[C@H]2O)[C@@H](O[C@@H]2O[C@H](CO)[C@@H](O)[C@H](O)[C@H]2O)[C@@H]1O. The van der Waals surface area contributed by atoms with Crippen LogP contribution in [-0.2, 0) is 94.9 Å². The number of nitrogens with one attached hydrogen (secondary N) is 1. The molecule has 43 atom stereocenters. The van der Waals surface area contributed by atoms with Crippen molar-refractivity contribution in [3.63, 3.8) is 0 Å². The molecule has 5 aliphatic carbocycles. The van der Waals surface area contributed by atoms with Gasteiger partial charge in [0, 0.05) is 13.8 Å². The van der Waals surface area contributed by atoms with Gasteiger partial charge in [-0.15, -0.1) is 0 Å². The van der Waals surface area contributed by atoms with E-state index in [9.17, 15) is 112 Å². The van der Waals surface area contributed by atoms with Crippen molar-refractivity contribution in [3.05, 3.63) is 11.6 Å². The van der Waals surface area contributed by atoms with E-state index in [4.69, 9.17) is 80.5 Å². The number of aliphatic hydroxyl groups excluding tert-OH is 19. The standard InChI is InChI=1S/C77H123NO40/c1-29(81)78-44-49(92)58(115-67-53(96)50(93)47(90)37(20-79)109-67)39(26-107-63-54(97)56(35(85)23-103-63)113-64-51(94)45(88)33(83)21-104-64)111-62(44)112-43-13-14-73(7)40(72(43,5)6)12-15-74(8)41(73)11-10-31-32-18-71(3,4)16-17-77(32,42(87)19-75(31,74)9)70(100)118-68-60(117-66-55(98)57(36(86)24-106-66)114-69-61(99)76(101,27-80)28-108-69)59(48(91)38(110-68)25-102-30(2)82)116-65-52(95)46(89)34(84)22-105-65/h10,32-69,79-80,83-99,101H,11-28H2,1-9H3,(H,78,81)/t32-,33+,34+,35-,36+,37+,38+,39+,40-,41+,42+,43-,44+,45-,46-,47+,48+,49+,50-,51+,52+,53+,54+,55+,56-,57-,58+,59-,60+,61-,62-,63-,64-,65-,66-,67-,68-,69-,73-,74+,75+,76+,77+/m0/s1. The van der Waals surface area contributed by atoms with E-state index in [0.717, 1.165) is 12.5 Å². The monoisotopic (exact) mass is 1700 g/mol. The predicted molar refractivity (Wildman–Crippen MR) is 386 cm³/mol. The quantitative estimate of drug-likeness (QED) is 0.0272. The highest BCUT2D eigenvalue weighted by atomic mass is 16.8. The lowest BCUT2D eigenvalue weighted by atomic mass is 9.33. The van der Waals surface area contributed by atoms with Crippen molar-refractivity contribution < 1.29 is 197 Å². The molecular formula is C77H123NO40. The summed E-state index contributed by atoms with van der Waals surface area (Å²) in [6.07, 6.45) is -54.0. The maximum absolute atomic E-state index is 16.3. The number of carbonyl (C=O) groups excluding carboxylic acids is 3. The first-order valence-corrected chi connectivity index (χ1v) is 40.8. The third kappa shape index (κ3) is 16.9. The average molecular weight is 1700 g/mol. The van der Waals surface area contributed by atoms with Crippen LogP contribution in [0.3, 0.4) is 0 Å². The zero-order chi connectivity index (χ0) is 85.9. The smallest absolute Gasteiger partial charge is 0.317 e. The summed E-state index contributed by atoms with van der Waals surface area (Å²) >= 11 is 0. The molecule has 8 aliphatic heterocycles. The highest BCUT2D eigenvalue weighted by Crippen LogP contribution is 2.76. The number of carbonyl (C=O) groups is 3. The summed E-state index contributed by atoms with van der Waals surface area (Å²) in [6, 6.07) is -1.47. The summed E-state index contributed by atoms with van der Waals surface area (Å²) in [5.74, 6) is -3.46. The molecule has 0 aromatic rings. The molecule has 12 fully saturated rings. The molecule has 13 rings (SSSR count). The Bertz CT molecular complexity index is 3480. The zero-order valence-electron chi connectivity index (χ0n) is 67.4. The third-order valence-electron chi connectivity index (χ3n) is 28.7. The van der Waals surface area contributed by atoms with Crippen molar-refractivity contribution >= 4 is 17.8 Å². The molecule has 41 nitrogen and oxygen atoms in total. The second-order valence-corrected chi connectivity index (χ2v) is 36.9. The fraction of sp³-hybridized carbons (Fsp3) is 0.935. The van der Waals surface area contributed by atoms with Crippen LogP contribution in [0, 0.1) is 50.2 Å². The van der Waals surface area contributed by atoms with Gasteiger partial charge in [-0.1, -0.05) is 60.1 Å². The van der Waals surface area contributed by atoms with Gasteiger partial charge in [-0.3, -0.25) is 14.4 Å². The molecule has 21 N–H and O–H groups in total. The molecule has 0 spiro atoms. The van der Waals surface area contributed by atoms with Gasteiger partial charge >= 0.3 is 11.9 Å². The summed E-state index contributed by atoms with van der Waals surface area (Å²) < 4.78 is 103. The molecule has 0 aromatic heterocycles. The van der Waals surface area contributed by atoms with Crippen LogP contribution < -0.4 is 5.32 Å². The summed E-state index contributed by atoms with van der Waals surface area (Å²) in [7, 11) is 0. The summed E-state index contributed by atoms with van der Waals surface area (Å²) in [4.78, 5) is 42.1. The molecule has 0 bridgehead atoms. The van der Waals surface area contributed by atoms with Gasteiger partial charge in [-0.05, 0) is 103 Å². The third-order valence-corrected chi connectivity index (χ3v) is 28.7. The van der Waals surface area contributed by atoms with E-state index in [1.54, 1.807) is 0 Å². The topological polar surface area (TPSA) is 625 Å². The van der Waals surface area contributed by atoms with E-state index in [-0.39, 0.29) is 24.7 Å². The minimum Gasteiger partial charge on any atom is -0.463 e. The molecule has 0 aromatic carbocycles. The molecule has 1 amide bonds. The van der Waals surface area contributed by atoms with Crippen LogP contribution in [0.15, 0.2) is 11.6 Å². The number of allylic oxidation sites excluding steroid dienone is 2. The number of amides is 1. The van der Waals surface area contributed by atoms with Crippen molar-refractivity contribution in [2.24, 2.45) is 50.2 Å². The van der Waals surface area contributed by atoms with Crippen LogP contribution in [0.25, 0.3) is 0 Å². The second-order valence-electron chi connectivity index (χ2n) is 36.9. The Morgan fingerprint density at radius 2 is 1.04 bits per heavy atom. The number of ether oxygens (including phenoxy) is 17. The van der Waals surface area contributed by atoms with Gasteiger partial charge in [-0.25, -0.2) is 0 Å². The minimum atomic E-state index is -2.20. The summed E-state index contributed by atoms with van der Waals surface area (Å²) in [5, 5.41) is 225. The molecular weight excluding hydrogens is 1580 g/mol. The van der Waals surface area contributed by atoms with Crippen LogP contribution >= 0.6 is 0 Å². The van der Waals surface area contributed by atoms with Crippen LogP contribution in [0.1, 0.15) is 120 Å². The fourth-order valence-electron chi connectivity index (χ4n) is 21.7. The largest absolute Gasteiger partial charge is 0.463 e. The lowest BCUT2D eigenvalue weighted by molar-refractivity contribution is -0.381. The number of esters is 2. The van der Waals surface area contributed by atoms with E-state index in [2.05, 4.69) is 59.9 Å². The molecule has 4 saturated carbocycles. The van der Waals surface area contributed by atoms with Crippen LogP contribution in [-0.4, -0.2) is 400 Å². The maximum Gasteiger partial charge on any atom is 0.317 e. The van der Waals surface area contributed by atoms with E-state index in [1.807, 2.05) is 0 Å². The van der Waals surface area contributed by atoms with E-state index in [1.165, 1.54) is 6.92 Å². The Morgan fingerprint density at radius 3 is 1.64 bits per heavy atom. The molecule has 8 heterocycles. The Kier molecular flexibility index (Phi) is 27.8. The molecule has 13 aliphatic rings. The normalized spacial score (nSPS) is 52.0. The fourth-order valence-corrected chi connectivity index (χ4v) is 21.7. The van der Waals surface area contributed by atoms with Crippen LogP contribution in [0.2, 0.25) is 0 Å². The minimum absolute atomic E-state index is 0.0288. The van der Waals surface area contributed by atoms with Crippen molar-refractivity contribution in [1.29, 1.82) is 0 Å². The Labute approximate surface area is 680 Å². The molecule has 0 radical (unpaired) electrons. The van der Waals surface area contributed by atoms with E-state index < -0.39 is 336 Å². The Hall–Kier alpha value is -3.25. The van der Waals surface area contributed by atoms with Gasteiger partial charge in [0.05, 0.1) is 65.1 Å². The number of fused-ring (bicyclic) bond motifs is 7. The first-order chi connectivity index (χ1) is 55.4. The van der Waals surface area contributed by atoms with Crippen LogP contribution in [0.5, 0.6) is 0 Å². The van der Waals surface area contributed by atoms with Gasteiger partial charge < -0.3 is 188 Å². The molecule has 41 heteroatoms. The van der Waals surface area contributed by atoms with Crippen LogP contribution in [0.4, 0.5) is 0 Å².